The van der Waals surface area contributed by atoms with Crippen LogP contribution >= 0.6 is 15.9 Å². The second kappa shape index (κ2) is 6.06. The predicted octanol–water partition coefficient (Wildman–Crippen LogP) is 4.95. The molecule has 0 aliphatic carbocycles. The Labute approximate surface area is 147 Å². The topological polar surface area (TPSA) is 38.7 Å². The molecule has 0 amide bonds. The monoisotopic (exact) mass is 377 g/mol. The van der Waals surface area contributed by atoms with Gasteiger partial charge in [-0.05, 0) is 50.5 Å². The maximum Gasteiger partial charge on any atom is 0.363 e. The molecule has 1 aliphatic heterocycles. The predicted molar refractivity (Wildman–Crippen MR) is 98.7 cm³/mol. The molecule has 116 valence electrons. The second-order valence-electron chi connectivity index (χ2n) is 5.38. The Kier molecular flexibility index (Phi) is 3.75. The van der Waals surface area contributed by atoms with Crippen molar-refractivity contribution >= 4 is 44.6 Å². The molecule has 0 aromatic heterocycles. The van der Waals surface area contributed by atoms with E-state index in [9.17, 15) is 4.79 Å². The summed E-state index contributed by atoms with van der Waals surface area (Å²) in [4.78, 5) is 16.6. The van der Waals surface area contributed by atoms with E-state index in [1.165, 1.54) is 0 Å². The van der Waals surface area contributed by atoms with Crippen LogP contribution in [0.5, 0.6) is 0 Å². The number of nitrogens with zero attached hydrogens (tertiary/aromatic N) is 1. The Hall–Kier alpha value is -2.72. The van der Waals surface area contributed by atoms with E-state index in [1.807, 2.05) is 66.7 Å². The van der Waals surface area contributed by atoms with E-state index in [1.54, 1.807) is 6.08 Å². The van der Waals surface area contributed by atoms with Crippen molar-refractivity contribution in [3.8, 4) is 0 Å². The summed E-state index contributed by atoms with van der Waals surface area (Å²) >= 11 is 3.45. The molecule has 0 unspecified atom stereocenters. The fourth-order valence-corrected chi connectivity index (χ4v) is 3.14. The number of carbonyl (C=O) groups is 1. The van der Waals surface area contributed by atoms with Gasteiger partial charge in [-0.2, -0.15) is 0 Å². The van der Waals surface area contributed by atoms with Crippen LogP contribution in [0.3, 0.4) is 0 Å². The van der Waals surface area contributed by atoms with Gasteiger partial charge in [0.2, 0.25) is 5.90 Å². The van der Waals surface area contributed by atoms with Crippen molar-refractivity contribution in [3.63, 3.8) is 0 Å². The molecule has 0 N–H and O–H groups in total. The molecule has 3 aromatic carbocycles. The summed E-state index contributed by atoms with van der Waals surface area (Å²) in [7, 11) is 0. The number of esters is 1. The van der Waals surface area contributed by atoms with Crippen molar-refractivity contribution in [1.82, 2.24) is 0 Å². The first-order valence-corrected chi connectivity index (χ1v) is 8.27. The van der Waals surface area contributed by atoms with Gasteiger partial charge in [0, 0.05) is 4.47 Å². The van der Waals surface area contributed by atoms with Crippen LogP contribution in [0.2, 0.25) is 0 Å². The number of fused-ring (bicyclic) bond motifs is 1. The number of ether oxygens (including phenoxy) is 1. The lowest BCUT2D eigenvalue weighted by molar-refractivity contribution is -0.129. The summed E-state index contributed by atoms with van der Waals surface area (Å²) in [5.41, 5.74) is 2.00. The van der Waals surface area contributed by atoms with Crippen LogP contribution in [0.4, 0.5) is 0 Å². The molecule has 4 heteroatoms. The fraction of sp³-hybridized carbons (Fsp3) is 0. The van der Waals surface area contributed by atoms with E-state index in [-0.39, 0.29) is 0 Å². The highest BCUT2D eigenvalue weighted by Gasteiger charge is 2.25. The van der Waals surface area contributed by atoms with Gasteiger partial charge in [0.15, 0.2) is 5.70 Å². The smallest absolute Gasteiger partial charge is 0.363 e. The van der Waals surface area contributed by atoms with Gasteiger partial charge in [0.1, 0.15) is 0 Å². The molecule has 0 fully saturated rings. The van der Waals surface area contributed by atoms with Gasteiger partial charge < -0.3 is 4.74 Å². The minimum atomic E-state index is -0.436. The SMILES string of the molecule is O=C1OC(c2ccccc2Br)=N/C1=C\c1cccc2ccccc12. The number of hydrogen-bond donors (Lipinski definition) is 0. The van der Waals surface area contributed by atoms with Crippen molar-refractivity contribution in [2.24, 2.45) is 4.99 Å². The van der Waals surface area contributed by atoms with Crippen molar-refractivity contribution in [1.29, 1.82) is 0 Å². The summed E-state index contributed by atoms with van der Waals surface area (Å²) in [6.45, 7) is 0. The number of rotatable bonds is 2. The molecule has 0 spiro atoms. The van der Waals surface area contributed by atoms with Crippen molar-refractivity contribution in [2.75, 3.05) is 0 Å². The average molecular weight is 378 g/mol. The third-order valence-electron chi connectivity index (χ3n) is 3.84. The third-order valence-corrected chi connectivity index (χ3v) is 4.53. The van der Waals surface area contributed by atoms with Gasteiger partial charge >= 0.3 is 5.97 Å². The molecule has 0 bridgehead atoms. The summed E-state index contributed by atoms with van der Waals surface area (Å²) in [5.74, 6) is -0.118. The highest BCUT2D eigenvalue weighted by atomic mass is 79.9. The van der Waals surface area contributed by atoms with Crippen molar-refractivity contribution < 1.29 is 9.53 Å². The van der Waals surface area contributed by atoms with Crippen LogP contribution in [0, 0.1) is 0 Å². The van der Waals surface area contributed by atoms with E-state index in [4.69, 9.17) is 4.74 Å². The number of aliphatic imine (C=N–C) groups is 1. The van der Waals surface area contributed by atoms with Crippen molar-refractivity contribution in [2.45, 2.75) is 0 Å². The Morgan fingerprint density at radius 1 is 0.917 bits per heavy atom. The maximum atomic E-state index is 12.2. The Balaban J connectivity index is 1.80. The molecule has 3 aromatic rings. The van der Waals surface area contributed by atoms with E-state index in [2.05, 4.69) is 20.9 Å². The molecule has 0 radical (unpaired) electrons. The number of hydrogen-bond acceptors (Lipinski definition) is 3. The Morgan fingerprint density at radius 3 is 2.54 bits per heavy atom. The zero-order valence-electron chi connectivity index (χ0n) is 12.6. The van der Waals surface area contributed by atoms with Crippen LogP contribution in [-0.4, -0.2) is 11.9 Å². The second-order valence-corrected chi connectivity index (χ2v) is 6.24. The molecule has 3 nitrogen and oxygen atoms in total. The Bertz CT molecular complexity index is 1020. The van der Waals surface area contributed by atoms with Crippen molar-refractivity contribution in [3.05, 3.63) is 88.0 Å². The molecule has 1 heterocycles. The minimum absolute atomic E-state index is 0.303. The lowest BCUT2D eigenvalue weighted by Crippen LogP contribution is -2.05. The minimum Gasteiger partial charge on any atom is -0.402 e. The summed E-state index contributed by atoms with van der Waals surface area (Å²) < 4.78 is 6.17. The standard InChI is InChI=1S/C20H12BrNO2/c21-17-11-4-3-10-16(17)19-22-18(20(23)24-19)12-14-8-5-7-13-6-1-2-9-15(13)14/h1-12H/b18-12-. The molecule has 24 heavy (non-hydrogen) atoms. The first-order valence-electron chi connectivity index (χ1n) is 7.47. The first kappa shape index (κ1) is 14.8. The van der Waals surface area contributed by atoms with Gasteiger partial charge in [-0.1, -0.05) is 54.6 Å². The van der Waals surface area contributed by atoms with E-state index < -0.39 is 5.97 Å². The third kappa shape index (κ3) is 2.65. The fourth-order valence-electron chi connectivity index (χ4n) is 2.68. The summed E-state index contributed by atoms with van der Waals surface area (Å²) in [6, 6.07) is 21.5. The largest absolute Gasteiger partial charge is 0.402 e. The lowest BCUT2D eigenvalue weighted by Gasteiger charge is -2.01. The molecular formula is C20H12BrNO2. The normalized spacial score (nSPS) is 15.6. The quantitative estimate of drug-likeness (QED) is 0.468. The van der Waals surface area contributed by atoms with Crippen LogP contribution < -0.4 is 0 Å². The number of benzene rings is 3. The summed E-state index contributed by atoms with van der Waals surface area (Å²) in [6.07, 6.45) is 1.77. The lowest BCUT2D eigenvalue weighted by atomic mass is 10.0. The van der Waals surface area contributed by atoms with Gasteiger partial charge in [0.05, 0.1) is 5.56 Å². The van der Waals surface area contributed by atoms with E-state index in [0.29, 0.717) is 11.6 Å². The molecule has 0 saturated carbocycles. The van der Waals surface area contributed by atoms with Gasteiger partial charge in [0.25, 0.3) is 0 Å². The van der Waals surface area contributed by atoms with Crippen LogP contribution in [0.15, 0.2) is 81.9 Å². The van der Waals surface area contributed by atoms with Gasteiger partial charge in [-0.15, -0.1) is 0 Å². The zero-order chi connectivity index (χ0) is 16.5. The van der Waals surface area contributed by atoms with Crippen LogP contribution in [-0.2, 0) is 9.53 Å². The molecule has 0 atom stereocenters. The number of halogens is 1. The Morgan fingerprint density at radius 2 is 1.67 bits per heavy atom. The molecule has 1 aliphatic rings. The van der Waals surface area contributed by atoms with Crippen LogP contribution in [0.25, 0.3) is 16.8 Å². The number of cyclic esters (lactones) is 1. The molecule has 0 saturated heterocycles. The molecular weight excluding hydrogens is 366 g/mol. The highest BCUT2D eigenvalue weighted by molar-refractivity contribution is 9.10. The average Bonchev–Trinajstić information content (AvgIpc) is 2.96. The molecule has 4 rings (SSSR count). The first-order chi connectivity index (χ1) is 11.7. The number of carbonyl (C=O) groups excluding carboxylic acids is 1. The van der Waals surface area contributed by atoms with Gasteiger partial charge in [-0.3, -0.25) is 0 Å². The summed E-state index contributed by atoms with van der Waals surface area (Å²) in [5, 5.41) is 2.19. The van der Waals surface area contributed by atoms with E-state index in [0.717, 1.165) is 26.4 Å². The zero-order valence-corrected chi connectivity index (χ0v) is 14.2. The maximum absolute atomic E-state index is 12.2. The highest BCUT2D eigenvalue weighted by Crippen LogP contribution is 2.26. The van der Waals surface area contributed by atoms with Gasteiger partial charge in [-0.25, -0.2) is 9.79 Å². The van der Waals surface area contributed by atoms with E-state index >= 15 is 0 Å². The van der Waals surface area contributed by atoms with Crippen LogP contribution in [0.1, 0.15) is 11.1 Å².